The summed E-state index contributed by atoms with van der Waals surface area (Å²) in [6, 6.07) is 2.11. The Kier molecular flexibility index (Phi) is 6.89. The fourth-order valence-corrected chi connectivity index (χ4v) is 3.16. The second-order valence-electron chi connectivity index (χ2n) is 3.68. The molecule has 1 heterocycles. The fourth-order valence-electron chi connectivity index (χ4n) is 1.42. The molecule has 1 aromatic heterocycles. The van der Waals surface area contributed by atoms with E-state index in [0.29, 0.717) is 0 Å². The number of rotatable bonds is 7. The van der Waals surface area contributed by atoms with E-state index in [1.165, 1.54) is 22.2 Å². The van der Waals surface area contributed by atoms with Crippen LogP contribution in [0.15, 0.2) is 15.9 Å². The second kappa shape index (κ2) is 7.66. The van der Waals surface area contributed by atoms with Gasteiger partial charge in [0.15, 0.2) is 0 Å². The summed E-state index contributed by atoms with van der Waals surface area (Å²) in [4.78, 5) is 3.78. The fraction of sp³-hybridized carbons (Fsp3) is 0.636. The van der Waals surface area contributed by atoms with Crippen LogP contribution in [0, 0.1) is 0 Å². The summed E-state index contributed by atoms with van der Waals surface area (Å²) < 4.78 is 1.24. The van der Waals surface area contributed by atoms with Gasteiger partial charge in [-0.15, -0.1) is 22.9 Å². The highest BCUT2D eigenvalue weighted by Crippen LogP contribution is 2.23. The standard InChI is InChI=1S/C11H17BrClNS/c1-14(7-4-2-3-6-13)9-11-10(12)5-8-15-11/h5,8H,2-4,6-7,9H2,1H3. The largest absolute Gasteiger partial charge is 0.301 e. The average Bonchev–Trinajstić information content (AvgIpc) is 2.59. The van der Waals surface area contributed by atoms with Gasteiger partial charge in [0.2, 0.25) is 0 Å². The molecule has 1 rings (SSSR count). The summed E-state index contributed by atoms with van der Waals surface area (Å²) in [6.45, 7) is 2.19. The number of hydrogen-bond acceptors (Lipinski definition) is 2. The Morgan fingerprint density at radius 2 is 2.20 bits per heavy atom. The van der Waals surface area contributed by atoms with Gasteiger partial charge in [0.05, 0.1) is 0 Å². The van der Waals surface area contributed by atoms with E-state index in [2.05, 4.69) is 39.3 Å². The van der Waals surface area contributed by atoms with Crippen molar-refractivity contribution >= 4 is 38.9 Å². The van der Waals surface area contributed by atoms with Crippen molar-refractivity contribution in [3.63, 3.8) is 0 Å². The van der Waals surface area contributed by atoms with Crippen molar-refractivity contribution in [3.05, 3.63) is 20.8 Å². The average molecular weight is 311 g/mol. The lowest BCUT2D eigenvalue weighted by Crippen LogP contribution is -2.18. The van der Waals surface area contributed by atoms with Gasteiger partial charge in [-0.25, -0.2) is 0 Å². The molecule has 1 aromatic rings. The van der Waals surface area contributed by atoms with E-state index in [4.69, 9.17) is 11.6 Å². The number of thiophene rings is 1. The van der Waals surface area contributed by atoms with Crippen LogP contribution in [0.3, 0.4) is 0 Å². The second-order valence-corrected chi connectivity index (χ2v) is 5.91. The normalized spacial score (nSPS) is 11.2. The molecule has 0 amide bonds. The van der Waals surface area contributed by atoms with Gasteiger partial charge in [-0.05, 0) is 53.8 Å². The highest BCUT2D eigenvalue weighted by Gasteiger charge is 2.04. The third-order valence-electron chi connectivity index (χ3n) is 2.28. The van der Waals surface area contributed by atoms with E-state index < -0.39 is 0 Å². The van der Waals surface area contributed by atoms with Crippen LogP contribution in [0.5, 0.6) is 0 Å². The van der Waals surface area contributed by atoms with Crippen molar-refractivity contribution in [2.75, 3.05) is 19.5 Å². The minimum atomic E-state index is 0.792. The summed E-state index contributed by atoms with van der Waals surface area (Å²) in [6.07, 6.45) is 3.61. The Hall–Kier alpha value is 0.430. The quantitative estimate of drug-likeness (QED) is 0.534. The molecule has 0 atom stereocenters. The van der Waals surface area contributed by atoms with E-state index in [1.807, 2.05) is 11.3 Å². The number of nitrogens with zero attached hydrogens (tertiary/aromatic N) is 1. The molecule has 0 aliphatic heterocycles. The van der Waals surface area contributed by atoms with Gasteiger partial charge in [0.25, 0.3) is 0 Å². The molecule has 0 fully saturated rings. The van der Waals surface area contributed by atoms with E-state index in [9.17, 15) is 0 Å². The van der Waals surface area contributed by atoms with Gasteiger partial charge < -0.3 is 4.90 Å². The first-order valence-corrected chi connectivity index (χ1v) is 7.41. The van der Waals surface area contributed by atoms with Crippen LogP contribution in [0.4, 0.5) is 0 Å². The number of unbranched alkanes of at least 4 members (excludes halogenated alkanes) is 2. The summed E-state index contributed by atoms with van der Waals surface area (Å²) in [7, 11) is 2.17. The molecule has 0 bridgehead atoms. The SMILES string of the molecule is CN(CCCCCCl)Cc1sccc1Br. The molecule has 4 heteroatoms. The molecule has 0 aromatic carbocycles. The lowest BCUT2D eigenvalue weighted by atomic mass is 10.2. The summed E-state index contributed by atoms with van der Waals surface area (Å²) in [5.74, 6) is 0.792. The van der Waals surface area contributed by atoms with Crippen molar-refractivity contribution < 1.29 is 0 Å². The Labute approximate surface area is 110 Å². The van der Waals surface area contributed by atoms with Crippen LogP contribution in [-0.4, -0.2) is 24.4 Å². The Bertz CT molecular complexity index is 277. The smallest absolute Gasteiger partial charge is 0.0336 e. The molecule has 0 saturated carbocycles. The number of hydrogen-bond donors (Lipinski definition) is 0. The zero-order valence-corrected chi connectivity index (χ0v) is 12.2. The maximum atomic E-state index is 5.63. The van der Waals surface area contributed by atoms with Gasteiger partial charge in [0, 0.05) is 21.8 Å². The molecule has 0 N–H and O–H groups in total. The van der Waals surface area contributed by atoms with Gasteiger partial charge in [0.1, 0.15) is 0 Å². The number of halogens is 2. The van der Waals surface area contributed by atoms with Crippen molar-refractivity contribution in [3.8, 4) is 0 Å². The van der Waals surface area contributed by atoms with E-state index in [1.54, 1.807) is 0 Å². The van der Waals surface area contributed by atoms with E-state index >= 15 is 0 Å². The van der Waals surface area contributed by atoms with Gasteiger partial charge >= 0.3 is 0 Å². The molecule has 1 nitrogen and oxygen atoms in total. The Morgan fingerprint density at radius 1 is 1.40 bits per heavy atom. The monoisotopic (exact) mass is 309 g/mol. The summed E-state index contributed by atoms with van der Waals surface area (Å²) >= 11 is 11.0. The van der Waals surface area contributed by atoms with Crippen LogP contribution in [-0.2, 0) is 6.54 Å². The third-order valence-corrected chi connectivity index (χ3v) is 4.46. The first kappa shape index (κ1) is 13.5. The van der Waals surface area contributed by atoms with Crippen molar-refractivity contribution in [2.45, 2.75) is 25.8 Å². The zero-order valence-electron chi connectivity index (χ0n) is 9.01. The zero-order chi connectivity index (χ0) is 11.1. The molecular weight excluding hydrogens is 294 g/mol. The Morgan fingerprint density at radius 3 is 2.80 bits per heavy atom. The summed E-state index contributed by atoms with van der Waals surface area (Å²) in [5, 5.41) is 2.13. The first-order chi connectivity index (χ1) is 7.24. The molecule has 15 heavy (non-hydrogen) atoms. The molecular formula is C11H17BrClNS. The van der Waals surface area contributed by atoms with Gasteiger partial charge in [-0.2, -0.15) is 0 Å². The predicted molar refractivity (Wildman–Crippen MR) is 72.9 cm³/mol. The lowest BCUT2D eigenvalue weighted by Gasteiger charge is -2.15. The maximum Gasteiger partial charge on any atom is 0.0336 e. The third kappa shape index (κ3) is 5.34. The molecule has 0 aliphatic rings. The molecule has 0 aliphatic carbocycles. The van der Waals surface area contributed by atoms with Crippen LogP contribution < -0.4 is 0 Å². The van der Waals surface area contributed by atoms with Crippen molar-refractivity contribution in [2.24, 2.45) is 0 Å². The molecule has 0 spiro atoms. The van der Waals surface area contributed by atoms with Crippen molar-refractivity contribution in [1.82, 2.24) is 4.90 Å². The van der Waals surface area contributed by atoms with Gasteiger partial charge in [-0.1, -0.05) is 6.42 Å². The first-order valence-electron chi connectivity index (χ1n) is 5.20. The molecule has 0 saturated heterocycles. The molecule has 0 unspecified atom stereocenters. The minimum absolute atomic E-state index is 0.792. The lowest BCUT2D eigenvalue weighted by molar-refractivity contribution is 0.320. The van der Waals surface area contributed by atoms with Gasteiger partial charge in [-0.3, -0.25) is 0 Å². The van der Waals surface area contributed by atoms with Crippen LogP contribution in [0.25, 0.3) is 0 Å². The minimum Gasteiger partial charge on any atom is -0.301 e. The van der Waals surface area contributed by atoms with Crippen LogP contribution >= 0.6 is 38.9 Å². The van der Waals surface area contributed by atoms with Crippen LogP contribution in [0.1, 0.15) is 24.1 Å². The summed E-state index contributed by atoms with van der Waals surface area (Å²) in [5.41, 5.74) is 0. The Balaban J connectivity index is 2.18. The molecule has 0 radical (unpaired) electrons. The highest BCUT2D eigenvalue weighted by molar-refractivity contribution is 9.10. The highest BCUT2D eigenvalue weighted by atomic mass is 79.9. The van der Waals surface area contributed by atoms with Crippen LogP contribution in [0.2, 0.25) is 0 Å². The molecule has 86 valence electrons. The maximum absolute atomic E-state index is 5.63. The van der Waals surface area contributed by atoms with E-state index in [0.717, 1.165) is 25.4 Å². The van der Waals surface area contributed by atoms with Crippen molar-refractivity contribution in [1.29, 1.82) is 0 Å². The predicted octanol–water partition coefficient (Wildman–Crippen LogP) is 4.35. The van der Waals surface area contributed by atoms with E-state index in [-0.39, 0.29) is 0 Å². The number of alkyl halides is 1. The topological polar surface area (TPSA) is 3.24 Å².